The lowest BCUT2D eigenvalue weighted by atomic mass is 9.77. The predicted octanol–water partition coefficient (Wildman–Crippen LogP) is 3.93. The number of carbonyl (C=O) groups excluding carboxylic acids is 2. The number of rotatable bonds is 11. The van der Waals surface area contributed by atoms with Gasteiger partial charge >= 0.3 is 0 Å². The van der Waals surface area contributed by atoms with Crippen LogP contribution in [-0.2, 0) is 9.59 Å². The number of amides is 2. The maximum Gasteiger partial charge on any atom is 0.246 e. The van der Waals surface area contributed by atoms with Gasteiger partial charge in [-0.3, -0.25) is 9.59 Å². The Morgan fingerprint density at radius 3 is 2.39 bits per heavy atom. The summed E-state index contributed by atoms with van der Waals surface area (Å²) in [6.07, 6.45) is 10.4. The summed E-state index contributed by atoms with van der Waals surface area (Å²) in [6, 6.07) is 9.69. The number of anilines is 1. The van der Waals surface area contributed by atoms with Crippen LogP contribution in [0, 0.1) is 0 Å². The van der Waals surface area contributed by atoms with Gasteiger partial charge in [0.1, 0.15) is 11.6 Å². The number of piperidine rings is 1. The Morgan fingerprint density at radius 2 is 1.69 bits per heavy atom. The summed E-state index contributed by atoms with van der Waals surface area (Å²) in [6.45, 7) is 6.40. The fourth-order valence-electron chi connectivity index (χ4n) is 6.34. The van der Waals surface area contributed by atoms with Gasteiger partial charge in [0.15, 0.2) is 0 Å². The van der Waals surface area contributed by atoms with Gasteiger partial charge < -0.3 is 25.5 Å². The molecule has 1 aromatic rings. The molecule has 0 aromatic heterocycles. The first kappa shape index (κ1) is 26.9. The number of nitrogens with one attached hydrogen (secondary N) is 2. The van der Waals surface area contributed by atoms with E-state index in [0.29, 0.717) is 25.8 Å². The number of carbonyl (C=O) groups is 2. The fraction of sp³-hybridized carbons (Fsp3) is 0.724. The number of hydrogen-bond donors (Lipinski definition) is 3. The number of para-hydroxylation sites is 1. The highest BCUT2D eigenvalue weighted by Crippen LogP contribution is 2.37. The van der Waals surface area contributed by atoms with Gasteiger partial charge in [0.25, 0.3) is 0 Å². The summed E-state index contributed by atoms with van der Waals surface area (Å²) in [5.74, 6) is 0.0109. The zero-order valence-electron chi connectivity index (χ0n) is 22.1. The number of unbranched alkanes of at least 4 members (excludes halogenated alkanes) is 2. The van der Waals surface area contributed by atoms with Crippen LogP contribution in [-0.4, -0.2) is 76.6 Å². The summed E-state index contributed by atoms with van der Waals surface area (Å²) in [7, 11) is 0. The number of benzene rings is 1. The number of hydrogen-bond acceptors (Lipinski definition) is 5. The molecule has 1 aliphatic carbocycles. The quantitative estimate of drug-likeness (QED) is 0.403. The highest BCUT2D eigenvalue weighted by molar-refractivity contribution is 6.00. The van der Waals surface area contributed by atoms with Crippen molar-refractivity contribution in [3.8, 4) is 0 Å². The predicted molar refractivity (Wildman–Crippen MR) is 144 cm³/mol. The third-order valence-corrected chi connectivity index (χ3v) is 8.60. The average Bonchev–Trinajstić information content (AvgIpc) is 2.89. The van der Waals surface area contributed by atoms with E-state index in [9.17, 15) is 14.7 Å². The molecule has 200 valence electrons. The zero-order valence-corrected chi connectivity index (χ0v) is 22.1. The number of nitrogens with zero attached hydrogens (tertiary/aromatic N) is 2. The molecule has 4 rings (SSSR count). The molecule has 0 bridgehead atoms. The first-order valence-corrected chi connectivity index (χ1v) is 14.3. The molecule has 1 saturated carbocycles. The second kappa shape index (κ2) is 12.4. The lowest BCUT2D eigenvalue weighted by Crippen LogP contribution is -2.73. The normalized spacial score (nSPS) is 24.1. The summed E-state index contributed by atoms with van der Waals surface area (Å²) >= 11 is 0. The van der Waals surface area contributed by atoms with Gasteiger partial charge in [-0.2, -0.15) is 0 Å². The maximum atomic E-state index is 13.7. The Hall–Kier alpha value is -2.12. The van der Waals surface area contributed by atoms with Crippen molar-refractivity contribution < 1.29 is 14.7 Å². The molecular formula is C29H46N4O3. The SMILES string of the molecule is CCCCN1C(=O)[C@@H](CC2(O)CCCCC2)NC(=O)C12CCN(CCCCNc1ccccc1)CC2. The summed E-state index contributed by atoms with van der Waals surface area (Å²) < 4.78 is 0. The molecule has 2 aliphatic heterocycles. The Morgan fingerprint density at radius 1 is 0.972 bits per heavy atom. The molecule has 2 amide bonds. The van der Waals surface area contributed by atoms with Crippen molar-refractivity contribution in [2.75, 3.05) is 38.0 Å². The van der Waals surface area contributed by atoms with E-state index in [0.717, 1.165) is 89.7 Å². The van der Waals surface area contributed by atoms with Gasteiger partial charge in [-0.05, 0) is 63.6 Å². The molecule has 0 unspecified atom stereocenters. The Kier molecular flexibility index (Phi) is 9.29. The Bertz CT molecular complexity index is 847. The first-order chi connectivity index (χ1) is 17.5. The molecule has 36 heavy (non-hydrogen) atoms. The smallest absolute Gasteiger partial charge is 0.246 e. The van der Waals surface area contributed by atoms with Gasteiger partial charge in [-0.15, -0.1) is 0 Å². The van der Waals surface area contributed by atoms with E-state index in [4.69, 9.17) is 0 Å². The van der Waals surface area contributed by atoms with Crippen LogP contribution in [0.4, 0.5) is 5.69 Å². The van der Waals surface area contributed by atoms with Crippen LogP contribution in [0.1, 0.15) is 84.0 Å². The van der Waals surface area contributed by atoms with E-state index in [1.165, 1.54) is 0 Å². The van der Waals surface area contributed by atoms with Crippen molar-refractivity contribution in [1.29, 1.82) is 0 Å². The van der Waals surface area contributed by atoms with E-state index in [1.807, 2.05) is 23.1 Å². The average molecular weight is 499 g/mol. The van der Waals surface area contributed by atoms with Crippen LogP contribution in [0.5, 0.6) is 0 Å². The number of likely N-dealkylation sites (tertiary alicyclic amines) is 1. The van der Waals surface area contributed by atoms with Gasteiger partial charge in [0.05, 0.1) is 5.60 Å². The van der Waals surface area contributed by atoms with Crippen molar-refractivity contribution >= 4 is 17.5 Å². The lowest BCUT2D eigenvalue weighted by Gasteiger charge is -2.52. The second-order valence-corrected chi connectivity index (χ2v) is 11.2. The first-order valence-electron chi connectivity index (χ1n) is 14.3. The van der Waals surface area contributed by atoms with Crippen molar-refractivity contribution in [2.45, 2.75) is 101 Å². The molecule has 7 nitrogen and oxygen atoms in total. The summed E-state index contributed by atoms with van der Waals surface area (Å²) in [4.78, 5) is 31.6. The van der Waals surface area contributed by atoms with E-state index in [-0.39, 0.29) is 11.8 Å². The third kappa shape index (κ3) is 6.41. The third-order valence-electron chi connectivity index (χ3n) is 8.60. The van der Waals surface area contributed by atoms with Crippen LogP contribution in [0.2, 0.25) is 0 Å². The fourth-order valence-corrected chi connectivity index (χ4v) is 6.34. The standard InChI is InChI=1S/C29H46N4O3/c1-2-3-20-33-26(34)25(23-28(36)14-8-5-9-15-28)31-27(35)29(33)16-21-32(22-17-29)19-11-10-18-30-24-12-6-4-7-13-24/h4,6-7,12-13,25,30,36H,2-3,5,8-11,14-23H2,1H3,(H,31,35)/t25-/m1/s1. The molecular weight excluding hydrogens is 452 g/mol. The molecule has 1 spiro atoms. The number of aliphatic hydroxyl groups is 1. The Labute approximate surface area is 217 Å². The summed E-state index contributed by atoms with van der Waals surface area (Å²) in [5, 5.41) is 17.6. The van der Waals surface area contributed by atoms with E-state index in [1.54, 1.807) is 0 Å². The molecule has 3 N–H and O–H groups in total. The van der Waals surface area contributed by atoms with E-state index < -0.39 is 17.2 Å². The van der Waals surface area contributed by atoms with Crippen LogP contribution in [0.15, 0.2) is 30.3 Å². The Balaban J connectivity index is 1.30. The monoisotopic (exact) mass is 498 g/mol. The largest absolute Gasteiger partial charge is 0.390 e. The van der Waals surface area contributed by atoms with Gasteiger partial charge in [-0.25, -0.2) is 0 Å². The van der Waals surface area contributed by atoms with E-state index in [2.05, 4.69) is 34.6 Å². The van der Waals surface area contributed by atoms with Crippen molar-refractivity contribution in [2.24, 2.45) is 0 Å². The topological polar surface area (TPSA) is 84.9 Å². The van der Waals surface area contributed by atoms with Crippen molar-refractivity contribution in [3.05, 3.63) is 30.3 Å². The van der Waals surface area contributed by atoms with Crippen LogP contribution >= 0.6 is 0 Å². The highest BCUT2D eigenvalue weighted by atomic mass is 16.3. The lowest BCUT2D eigenvalue weighted by molar-refractivity contribution is -0.163. The molecule has 3 fully saturated rings. The minimum Gasteiger partial charge on any atom is -0.390 e. The van der Waals surface area contributed by atoms with Crippen LogP contribution in [0.25, 0.3) is 0 Å². The zero-order chi connectivity index (χ0) is 25.4. The molecule has 2 heterocycles. The highest BCUT2D eigenvalue weighted by Gasteiger charge is 2.54. The van der Waals surface area contributed by atoms with Crippen LogP contribution in [0.3, 0.4) is 0 Å². The van der Waals surface area contributed by atoms with Gasteiger partial charge in [-0.1, -0.05) is 50.8 Å². The van der Waals surface area contributed by atoms with Gasteiger partial charge in [0, 0.05) is 38.3 Å². The van der Waals surface area contributed by atoms with Crippen molar-refractivity contribution in [3.63, 3.8) is 0 Å². The molecule has 0 radical (unpaired) electrons. The number of piperazine rings is 1. The minimum atomic E-state index is -0.828. The molecule has 3 aliphatic rings. The maximum absolute atomic E-state index is 13.7. The van der Waals surface area contributed by atoms with Crippen LogP contribution < -0.4 is 10.6 Å². The minimum absolute atomic E-state index is 0.00526. The molecule has 7 heteroatoms. The summed E-state index contributed by atoms with van der Waals surface area (Å²) in [5.41, 5.74) is -0.402. The molecule has 2 saturated heterocycles. The van der Waals surface area contributed by atoms with Gasteiger partial charge in [0.2, 0.25) is 11.8 Å². The second-order valence-electron chi connectivity index (χ2n) is 11.2. The van der Waals surface area contributed by atoms with Crippen molar-refractivity contribution in [1.82, 2.24) is 15.1 Å². The molecule has 1 aromatic carbocycles. The van der Waals surface area contributed by atoms with E-state index >= 15 is 0 Å². The molecule has 1 atom stereocenters.